The van der Waals surface area contributed by atoms with E-state index in [2.05, 4.69) is 56.2 Å². The van der Waals surface area contributed by atoms with Gasteiger partial charge in [0.2, 0.25) is 5.91 Å². The van der Waals surface area contributed by atoms with Gasteiger partial charge in [0.05, 0.1) is 0 Å². The number of aromatic nitrogens is 1. The number of anilines is 1. The zero-order chi connectivity index (χ0) is 20.8. The number of hydrogen-bond donors (Lipinski definition) is 1. The number of carbonyl (C=O) groups is 1. The molecule has 3 heteroatoms. The third-order valence-electron chi connectivity index (χ3n) is 4.45. The molecule has 0 aliphatic rings. The summed E-state index contributed by atoms with van der Waals surface area (Å²) in [6.07, 6.45) is 16.6. The lowest BCUT2D eigenvalue weighted by Crippen LogP contribution is -2.09. The number of hydrogen-bond acceptors (Lipinski definition) is 2. The van der Waals surface area contributed by atoms with Gasteiger partial charge in [-0.05, 0) is 85.3 Å². The Morgan fingerprint density at radius 1 is 0.857 bits per heavy atom. The number of amides is 1. The summed E-state index contributed by atoms with van der Waals surface area (Å²) >= 11 is 0. The molecule has 0 aliphatic heterocycles. The molecule has 0 fully saturated rings. The van der Waals surface area contributed by atoms with Crippen LogP contribution in [0.3, 0.4) is 0 Å². The lowest BCUT2D eigenvalue weighted by molar-refractivity contribution is -0.112. The van der Waals surface area contributed by atoms with Crippen LogP contribution in [0.15, 0.2) is 71.0 Å². The number of carbonyl (C=O) groups excluding carboxylic acids is 1. The van der Waals surface area contributed by atoms with Crippen molar-refractivity contribution in [1.29, 1.82) is 0 Å². The molecule has 1 amide bonds. The zero-order valence-corrected chi connectivity index (χ0v) is 18.2. The Morgan fingerprint density at radius 2 is 1.43 bits per heavy atom. The third kappa shape index (κ3) is 12.1. The maximum atomic E-state index is 12.0. The second-order valence-electron chi connectivity index (χ2n) is 7.69. The predicted molar refractivity (Wildman–Crippen MR) is 121 cm³/mol. The molecule has 1 aromatic rings. The van der Waals surface area contributed by atoms with Crippen molar-refractivity contribution in [3.8, 4) is 0 Å². The summed E-state index contributed by atoms with van der Waals surface area (Å²) in [6.45, 7) is 10.7. The third-order valence-corrected chi connectivity index (χ3v) is 4.45. The monoisotopic (exact) mass is 380 g/mol. The van der Waals surface area contributed by atoms with Crippen molar-refractivity contribution in [3.63, 3.8) is 0 Å². The molecule has 0 saturated carbocycles. The van der Waals surface area contributed by atoms with Crippen molar-refractivity contribution < 1.29 is 4.79 Å². The molecular formula is C25H36N2O. The van der Waals surface area contributed by atoms with E-state index in [-0.39, 0.29) is 5.91 Å². The van der Waals surface area contributed by atoms with E-state index in [0.29, 0.717) is 5.82 Å². The average molecular weight is 381 g/mol. The van der Waals surface area contributed by atoms with Gasteiger partial charge in [-0.3, -0.25) is 4.79 Å². The van der Waals surface area contributed by atoms with E-state index in [1.807, 2.05) is 19.1 Å². The average Bonchev–Trinajstić information content (AvgIpc) is 2.62. The van der Waals surface area contributed by atoms with Crippen molar-refractivity contribution in [2.45, 2.75) is 73.1 Å². The predicted octanol–water partition coefficient (Wildman–Crippen LogP) is 7.17. The van der Waals surface area contributed by atoms with Gasteiger partial charge in [0, 0.05) is 12.3 Å². The van der Waals surface area contributed by atoms with Gasteiger partial charge in [-0.1, -0.05) is 46.6 Å². The second-order valence-corrected chi connectivity index (χ2v) is 7.69. The first-order valence-electron chi connectivity index (χ1n) is 10.2. The van der Waals surface area contributed by atoms with Gasteiger partial charge in [-0.25, -0.2) is 4.98 Å². The Labute approximate surface area is 171 Å². The van der Waals surface area contributed by atoms with Gasteiger partial charge >= 0.3 is 0 Å². The van der Waals surface area contributed by atoms with E-state index >= 15 is 0 Å². The fraction of sp³-hybridized carbons (Fsp3) is 0.440. The molecule has 28 heavy (non-hydrogen) atoms. The maximum Gasteiger partial charge on any atom is 0.249 e. The van der Waals surface area contributed by atoms with Crippen LogP contribution in [0.2, 0.25) is 0 Å². The minimum atomic E-state index is -0.120. The van der Waals surface area contributed by atoms with Crippen LogP contribution >= 0.6 is 0 Å². The molecule has 0 unspecified atom stereocenters. The quantitative estimate of drug-likeness (QED) is 0.327. The van der Waals surface area contributed by atoms with Gasteiger partial charge in [0.15, 0.2) is 0 Å². The Hall–Kier alpha value is -2.42. The van der Waals surface area contributed by atoms with Crippen LogP contribution in [0.1, 0.15) is 73.1 Å². The van der Waals surface area contributed by atoms with Crippen LogP contribution in [-0.4, -0.2) is 10.9 Å². The van der Waals surface area contributed by atoms with Gasteiger partial charge in [-0.15, -0.1) is 0 Å². The summed E-state index contributed by atoms with van der Waals surface area (Å²) in [7, 11) is 0. The highest BCUT2D eigenvalue weighted by molar-refractivity contribution is 5.99. The Bertz CT molecular complexity index is 720. The number of nitrogens with zero attached hydrogens (tertiary/aromatic N) is 1. The molecule has 0 saturated heterocycles. The summed E-state index contributed by atoms with van der Waals surface area (Å²) in [5.74, 6) is 0.460. The maximum absolute atomic E-state index is 12.0. The molecule has 0 aromatic carbocycles. The van der Waals surface area contributed by atoms with Crippen molar-refractivity contribution in [1.82, 2.24) is 4.98 Å². The van der Waals surface area contributed by atoms with Gasteiger partial charge in [-0.2, -0.15) is 0 Å². The first kappa shape index (κ1) is 23.6. The fourth-order valence-corrected chi connectivity index (χ4v) is 2.78. The largest absolute Gasteiger partial charge is 0.307 e. The number of nitrogens with one attached hydrogen (secondary N) is 1. The van der Waals surface area contributed by atoms with Crippen molar-refractivity contribution >= 4 is 11.7 Å². The SMILES string of the molecule is CC(C)=CCC/C(C)=C/CC/C(C)=C/CC/C(C)=C/C(=O)Nc1ccccn1. The van der Waals surface area contributed by atoms with Crippen molar-refractivity contribution in [2.75, 3.05) is 5.32 Å². The van der Waals surface area contributed by atoms with Crippen LogP contribution in [0.5, 0.6) is 0 Å². The van der Waals surface area contributed by atoms with E-state index in [4.69, 9.17) is 0 Å². The van der Waals surface area contributed by atoms with Crippen LogP contribution in [0.25, 0.3) is 0 Å². The zero-order valence-electron chi connectivity index (χ0n) is 18.2. The lowest BCUT2D eigenvalue weighted by atomic mass is 10.0. The molecule has 1 aromatic heterocycles. The van der Waals surface area contributed by atoms with Crippen molar-refractivity contribution in [2.24, 2.45) is 0 Å². The number of rotatable bonds is 11. The molecule has 152 valence electrons. The molecule has 3 nitrogen and oxygen atoms in total. The first-order chi connectivity index (χ1) is 13.4. The smallest absolute Gasteiger partial charge is 0.249 e. The molecule has 0 bridgehead atoms. The van der Waals surface area contributed by atoms with E-state index in [9.17, 15) is 4.79 Å². The van der Waals surface area contributed by atoms with E-state index in [1.54, 1.807) is 18.3 Å². The lowest BCUT2D eigenvalue weighted by Gasteiger charge is -2.03. The topological polar surface area (TPSA) is 42.0 Å². The summed E-state index contributed by atoms with van der Waals surface area (Å²) < 4.78 is 0. The Morgan fingerprint density at radius 3 is 1.96 bits per heavy atom. The van der Waals surface area contributed by atoms with Gasteiger partial charge < -0.3 is 5.32 Å². The van der Waals surface area contributed by atoms with Crippen molar-refractivity contribution in [3.05, 3.63) is 71.0 Å². The molecule has 0 spiro atoms. The van der Waals surface area contributed by atoms with Crippen LogP contribution < -0.4 is 5.32 Å². The highest BCUT2D eigenvalue weighted by Gasteiger charge is 2.00. The summed E-state index contributed by atoms with van der Waals surface area (Å²) in [5, 5.41) is 2.78. The molecule has 1 N–H and O–H groups in total. The second kappa shape index (κ2) is 13.7. The minimum Gasteiger partial charge on any atom is -0.307 e. The molecule has 1 rings (SSSR count). The summed E-state index contributed by atoms with van der Waals surface area (Å²) in [5.41, 5.74) is 5.36. The van der Waals surface area contributed by atoms with Crippen LogP contribution in [-0.2, 0) is 4.79 Å². The van der Waals surface area contributed by atoms with E-state index in [0.717, 1.165) is 44.1 Å². The molecule has 0 atom stereocenters. The summed E-state index contributed by atoms with van der Waals surface area (Å²) in [4.78, 5) is 16.1. The standard InChI is InChI=1S/C25H36N2O/c1-20(2)11-8-12-21(3)13-9-14-22(4)15-10-16-23(5)19-25(28)27-24-17-6-7-18-26-24/h6-7,11,13,15,17-19H,8-10,12,14,16H2,1-5H3,(H,26,27,28)/b21-13+,22-15+,23-19+. The highest BCUT2D eigenvalue weighted by Crippen LogP contribution is 2.13. The van der Waals surface area contributed by atoms with E-state index < -0.39 is 0 Å². The summed E-state index contributed by atoms with van der Waals surface area (Å²) in [6, 6.07) is 5.46. The molecular weight excluding hydrogens is 344 g/mol. The van der Waals surface area contributed by atoms with Crippen LogP contribution in [0.4, 0.5) is 5.82 Å². The van der Waals surface area contributed by atoms with Gasteiger partial charge in [0.25, 0.3) is 0 Å². The number of pyridine rings is 1. The minimum absolute atomic E-state index is 0.120. The molecule has 0 aliphatic carbocycles. The molecule has 1 heterocycles. The highest BCUT2D eigenvalue weighted by atomic mass is 16.1. The molecule has 0 radical (unpaired) electrons. The Balaban J connectivity index is 2.30. The van der Waals surface area contributed by atoms with E-state index in [1.165, 1.54) is 16.7 Å². The fourth-order valence-electron chi connectivity index (χ4n) is 2.78. The number of allylic oxidation sites excluding steroid dienone is 7. The Kier molecular flexibility index (Phi) is 11.6. The van der Waals surface area contributed by atoms with Gasteiger partial charge in [0.1, 0.15) is 5.82 Å². The van der Waals surface area contributed by atoms with Crippen LogP contribution in [0, 0.1) is 0 Å². The normalized spacial score (nSPS) is 12.7. The first-order valence-corrected chi connectivity index (χ1v) is 10.2.